The first-order valence-corrected chi connectivity index (χ1v) is 10.8. The van der Waals surface area contributed by atoms with Gasteiger partial charge in [0.2, 0.25) is 0 Å². The number of aryl methyl sites for hydroxylation is 1. The molecule has 0 aliphatic heterocycles. The van der Waals surface area contributed by atoms with Gasteiger partial charge in [-0.2, -0.15) is 0 Å². The van der Waals surface area contributed by atoms with Crippen molar-refractivity contribution in [1.29, 1.82) is 0 Å². The molecule has 0 amide bonds. The molecule has 26 heavy (non-hydrogen) atoms. The zero-order valence-corrected chi connectivity index (χ0v) is 19.0. The van der Waals surface area contributed by atoms with Crippen LogP contribution in [0.15, 0.2) is 18.2 Å². The van der Waals surface area contributed by atoms with Crippen molar-refractivity contribution < 1.29 is 4.74 Å². The predicted molar refractivity (Wildman–Crippen MR) is 118 cm³/mol. The van der Waals surface area contributed by atoms with Gasteiger partial charge in [-0.25, -0.2) is 0 Å². The van der Waals surface area contributed by atoms with E-state index in [4.69, 9.17) is 4.74 Å². The van der Waals surface area contributed by atoms with Crippen LogP contribution in [0.25, 0.3) is 0 Å². The Morgan fingerprint density at radius 2 is 1.58 bits per heavy atom. The summed E-state index contributed by atoms with van der Waals surface area (Å²) >= 11 is 0. The first-order valence-electron chi connectivity index (χ1n) is 10.8. The van der Waals surface area contributed by atoms with E-state index >= 15 is 0 Å². The molecule has 0 atom stereocenters. The molecule has 152 valence electrons. The zero-order chi connectivity index (χ0) is 20.0. The Labute approximate surface area is 164 Å². The van der Waals surface area contributed by atoms with Crippen LogP contribution in [0.4, 0.5) is 0 Å². The lowest BCUT2D eigenvalue weighted by atomic mass is 9.85. The first kappa shape index (κ1) is 25.0. The van der Waals surface area contributed by atoms with Gasteiger partial charge in [0, 0.05) is 0 Å². The van der Waals surface area contributed by atoms with Crippen LogP contribution in [0.3, 0.4) is 0 Å². The Morgan fingerprint density at radius 3 is 2.15 bits per heavy atom. The van der Waals surface area contributed by atoms with E-state index in [1.165, 1.54) is 56.4 Å². The summed E-state index contributed by atoms with van der Waals surface area (Å²) in [6.45, 7) is 21.9. The number of unbranched alkanes of at least 4 members (excludes halogenated alkanes) is 3. The number of hydrogen-bond acceptors (Lipinski definition) is 2. The van der Waals surface area contributed by atoms with Gasteiger partial charge >= 0.3 is 0 Å². The Morgan fingerprint density at radius 1 is 0.923 bits per heavy atom. The Balaban J connectivity index is 0.00000301. The number of rotatable bonds is 11. The molecule has 2 nitrogen and oxygen atoms in total. The lowest BCUT2D eigenvalue weighted by molar-refractivity contribution is 0.273. The topological polar surface area (TPSA) is 12.5 Å². The molecule has 0 aliphatic rings. The van der Waals surface area contributed by atoms with Crippen molar-refractivity contribution in [3.8, 4) is 5.75 Å². The molecule has 1 rings (SSSR count). The average Bonchev–Trinajstić information content (AvgIpc) is 2.61. The fourth-order valence-corrected chi connectivity index (χ4v) is 3.07. The number of nitrogens with zero attached hydrogens (tertiary/aromatic N) is 1. The predicted octanol–water partition coefficient (Wildman–Crippen LogP) is 6.99. The van der Waals surface area contributed by atoms with Crippen LogP contribution in [0, 0.1) is 6.92 Å². The summed E-state index contributed by atoms with van der Waals surface area (Å²) in [6.07, 6.45) is 6.29. The van der Waals surface area contributed by atoms with Gasteiger partial charge in [-0.15, -0.1) is 0 Å². The van der Waals surface area contributed by atoms with E-state index in [0.29, 0.717) is 0 Å². The molecular formula is C24H45NO. The Bertz CT molecular complexity index is 462. The van der Waals surface area contributed by atoms with Crippen molar-refractivity contribution in [1.82, 2.24) is 4.90 Å². The average molecular weight is 364 g/mol. The monoisotopic (exact) mass is 363 g/mol. The summed E-state index contributed by atoms with van der Waals surface area (Å²) in [4.78, 5) is 2.55. The molecule has 2 heteroatoms. The van der Waals surface area contributed by atoms with Crippen LogP contribution >= 0.6 is 0 Å². The largest absolute Gasteiger partial charge is 0.493 e. The molecule has 0 saturated heterocycles. The van der Waals surface area contributed by atoms with Gasteiger partial charge in [0.1, 0.15) is 5.75 Å². The molecule has 0 N–H and O–H groups in total. The summed E-state index contributed by atoms with van der Waals surface area (Å²) in [5, 5.41) is 0. The molecule has 1 aromatic rings. The van der Waals surface area contributed by atoms with Gasteiger partial charge in [-0.05, 0) is 62.9 Å². The van der Waals surface area contributed by atoms with Crippen molar-refractivity contribution in [3.63, 3.8) is 0 Å². The number of ether oxygens (including phenoxy) is 1. The molecule has 0 bridgehead atoms. The quantitative estimate of drug-likeness (QED) is 0.393. The third-order valence-corrected chi connectivity index (χ3v) is 4.56. The number of hydrogen-bond donors (Lipinski definition) is 0. The molecule has 0 aliphatic carbocycles. The van der Waals surface area contributed by atoms with Gasteiger partial charge in [0.15, 0.2) is 0 Å². The molecule has 0 radical (unpaired) electrons. The first-order chi connectivity index (χ1) is 12.4. The molecule has 0 spiro atoms. The fourth-order valence-electron chi connectivity index (χ4n) is 3.07. The standard InChI is InChI=1S/C22H39NO.C2H6/c1-7-15-23(8-2)16-11-9-10-12-17-24-21-14-13-19(3)18-20(21)22(4,5)6;1-2/h13-14,18H,7-12,15-17H2,1-6H3;1-2H3. The van der Waals surface area contributed by atoms with E-state index in [1.54, 1.807) is 0 Å². The van der Waals surface area contributed by atoms with Gasteiger partial charge in [-0.1, -0.05) is 79.0 Å². The van der Waals surface area contributed by atoms with Crippen LogP contribution in [0.5, 0.6) is 5.75 Å². The lowest BCUT2D eigenvalue weighted by Crippen LogP contribution is -2.25. The minimum Gasteiger partial charge on any atom is -0.493 e. The molecule has 0 heterocycles. The maximum Gasteiger partial charge on any atom is 0.123 e. The highest BCUT2D eigenvalue weighted by molar-refractivity contribution is 5.41. The summed E-state index contributed by atoms with van der Waals surface area (Å²) in [7, 11) is 0. The van der Waals surface area contributed by atoms with Gasteiger partial charge < -0.3 is 9.64 Å². The van der Waals surface area contributed by atoms with Crippen LogP contribution in [-0.2, 0) is 5.41 Å². The van der Waals surface area contributed by atoms with Gasteiger partial charge in [0.25, 0.3) is 0 Å². The van der Waals surface area contributed by atoms with E-state index in [0.717, 1.165) is 18.8 Å². The maximum absolute atomic E-state index is 6.10. The van der Waals surface area contributed by atoms with Crippen LogP contribution in [0.2, 0.25) is 0 Å². The second kappa shape index (κ2) is 14.1. The van der Waals surface area contributed by atoms with E-state index in [-0.39, 0.29) is 5.41 Å². The Hall–Kier alpha value is -1.02. The van der Waals surface area contributed by atoms with Crippen LogP contribution in [-0.4, -0.2) is 31.1 Å². The molecule has 1 aromatic carbocycles. The van der Waals surface area contributed by atoms with E-state index < -0.39 is 0 Å². The summed E-state index contributed by atoms with van der Waals surface area (Å²) in [5.74, 6) is 1.06. The fraction of sp³-hybridized carbons (Fsp3) is 0.750. The van der Waals surface area contributed by atoms with Gasteiger partial charge in [-0.3, -0.25) is 0 Å². The van der Waals surface area contributed by atoms with Crippen LogP contribution < -0.4 is 4.74 Å². The second-order valence-electron chi connectivity index (χ2n) is 7.95. The highest BCUT2D eigenvalue weighted by Crippen LogP contribution is 2.32. The molecule has 0 unspecified atom stereocenters. The molecule has 0 aromatic heterocycles. The third-order valence-electron chi connectivity index (χ3n) is 4.56. The highest BCUT2D eigenvalue weighted by Gasteiger charge is 2.19. The normalized spacial score (nSPS) is 11.3. The second-order valence-corrected chi connectivity index (χ2v) is 7.95. The minimum atomic E-state index is 0.129. The van der Waals surface area contributed by atoms with Crippen molar-refractivity contribution in [2.24, 2.45) is 0 Å². The smallest absolute Gasteiger partial charge is 0.123 e. The maximum atomic E-state index is 6.10. The molecular weight excluding hydrogens is 318 g/mol. The minimum absolute atomic E-state index is 0.129. The van der Waals surface area contributed by atoms with E-state index in [9.17, 15) is 0 Å². The van der Waals surface area contributed by atoms with Crippen molar-refractivity contribution >= 4 is 0 Å². The Kier molecular flexibility index (Phi) is 13.5. The summed E-state index contributed by atoms with van der Waals surface area (Å²) in [5.41, 5.74) is 2.75. The number of benzene rings is 1. The SMILES string of the molecule is CC.CCCN(CC)CCCCCCOc1ccc(C)cc1C(C)(C)C. The van der Waals surface area contributed by atoms with Crippen molar-refractivity contribution in [3.05, 3.63) is 29.3 Å². The third kappa shape index (κ3) is 10.2. The van der Waals surface area contributed by atoms with E-state index in [2.05, 4.69) is 64.6 Å². The molecule has 0 saturated carbocycles. The van der Waals surface area contributed by atoms with Crippen LogP contribution in [0.1, 0.15) is 91.7 Å². The summed E-state index contributed by atoms with van der Waals surface area (Å²) < 4.78 is 6.10. The van der Waals surface area contributed by atoms with Gasteiger partial charge in [0.05, 0.1) is 6.61 Å². The van der Waals surface area contributed by atoms with E-state index in [1.807, 2.05) is 13.8 Å². The summed E-state index contributed by atoms with van der Waals surface area (Å²) in [6, 6.07) is 6.56. The van der Waals surface area contributed by atoms with Crippen molar-refractivity contribution in [2.75, 3.05) is 26.2 Å². The molecule has 0 fully saturated rings. The lowest BCUT2D eigenvalue weighted by Gasteiger charge is -2.23. The zero-order valence-electron chi connectivity index (χ0n) is 19.0. The highest BCUT2D eigenvalue weighted by atomic mass is 16.5. The van der Waals surface area contributed by atoms with Crippen molar-refractivity contribution in [2.45, 2.75) is 92.9 Å².